The maximum absolute atomic E-state index is 13.2. The van der Waals surface area contributed by atoms with Gasteiger partial charge in [-0.2, -0.15) is 0 Å². The Hall–Kier alpha value is -2.61. The van der Waals surface area contributed by atoms with Crippen molar-refractivity contribution < 1.29 is 12.8 Å². The summed E-state index contributed by atoms with van der Waals surface area (Å²) in [4.78, 5) is 0.246. The minimum Gasteiger partial charge on any atom is -0.419 e. The lowest BCUT2D eigenvalue weighted by Gasteiger charge is -2.11. The van der Waals surface area contributed by atoms with Gasteiger partial charge in [0.05, 0.1) is 0 Å². The molecule has 28 heavy (non-hydrogen) atoms. The van der Waals surface area contributed by atoms with E-state index < -0.39 is 10.0 Å². The van der Waals surface area contributed by atoms with Crippen LogP contribution in [0.2, 0.25) is 0 Å². The van der Waals surface area contributed by atoms with Crippen LogP contribution in [0.25, 0.3) is 11.6 Å². The van der Waals surface area contributed by atoms with Crippen LogP contribution in [0.15, 0.2) is 27.5 Å². The zero-order valence-corrected chi connectivity index (χ0v) is 17.5. The maximum atomic E-state index is 13.2. The number of aromatic nitrogens is 3. The Morgan fingerprint density at radius 3 is 2.32 bits per heavy atom. The number of nitrogens with zero attached hydrogens (tertiary/aromatic N) is 3. The first-order chi connectivity index (χ1) is 13.2. The number of hydrogen-bond acceptors (Lipinski definition) is 5. The van der Waals surface area contributed by atoms with Gasteiger partial charge in [0.15, 0.2) is 0 Å². The summed E-state index contributed by atoms with van der Waals surface area (Å²) < 4.78 is 36.7. The predicted octanol–water partition coefficient (Wildman–Crippen LogP) is 3.99. The molecule has 0 spiro atoms. The van der Waals surface area contributed by atoms with E-state index in [-0.39, 0.29) is 4.90 Å². The third kappa shape index (κ3) is 3.22. The van der Waals surface area contributed by atoms with E-state index in [4.69, 9.17) is 4.42 Å². The van der Waals surface area contributed by atoms with Gasteiger partial charge in [-0.3, -0.25) is 4.72 Å². The number of aryl methyl sites for hydroxylation is 2. The van der Waals surface area contributed by atoms with Crippen molar-refractivity contribution >= 4 is 15.7 Å². The van der Waals surface area contributed by atoms with E-state index in [1.165, 1.54) is 0 Å². The van der Waals surface area contributed by atoms with Gasteiger partial charge in [-0.25, -0.2) is 8.42 Å². The van der Waals surface area contributed by atoms with E-state index in [2.05, 4.69) is 14.9 Å². The van der Waals surface area contributed by atoms with Crippen molar-refractivity contribution in [1.82, 2.24) is 14.8 Å². The Bertz CT molecular complexity index is 1150. The van der Waals surface area contributed by atoms with Crippen molar-refractivity contribution in [2.75, 3.05) is 4.72 Å². The van der Waals surface area contributed by atoms with Gasteiger partial charge in [0.1, 0.15) is 10.6 Å². The molecule has 1 fully saturated rings. The fourth-order valence-electron chi connectivity index (χ4n) is 3.72. The van der Waals surface area contributed by atoms with Gasteiger partial charge in [-0.1, -0.05) is 6.07 Å². The smallest absolute Gasteiger partial charge is 0.264 e. The van der Waals surface area contributed by atoms with E-state index in [0.29, 0.717) is 40.3 Å². The number of nitrogens with one attached hydrogen (secondary N) is 1. The molecule has 2 aromatic heterocycles. The second-order valence-electron chi connectivity index (χ2n) is 7.65. The molecule has 0 atom stereocenters. The number of sulfonamides is 1. The van der Waals surface area contributed by atoms with Crippen LogP contribution in [0, 0.1) is 27.7 Å². The predicted molar refractivity (Wildman–Crippen MR) is 107 cm³/mol. The summed E-state index contributed by atoms with van der Waals surface area (Å²) in [6.45, 7) is 7.44. The lowest BCUT2D eigenvalue weighted by atomic mass is 10.1. The zero-order valence-electron chi connectivity index (χ0n) is 16.7. The van der Waals surface area contributed by atoms with Crippen LogP contribution in [0.4, 0.5) is 5.69 Å². The standard InChI is InChI=1S/C20H24N4O3S/c1-11-8-12(2)10-16(9-11)23-28(25,26)18-13(3)17(24(5)14(18)4)20-22-21-19(27-20)15-6-7-15/h8-10,15,23H,6-7H2,1-5H3. The first kappa shape index (κ1) is 18.7. The van der Waals surface area contributed by atoms with E-state index in [1.54, 1.807) is 18.4 Å². The van der Waals surface area contributed by atoms with E-state index in [9.17, 15) is 8.42 Å². The molecule has 4 rings (SSSR count). The van der Waals surface area contributed by atoms with Gasteiger partial charge in [0.2, 0.25) is 5.89 Å². The summed E-state index contributed by atoms with van der Waals surface area (Å²) in [6, 6.07) is 5.64. The molecule has 1 N–H and O–H groups in total. The maximum Gasteiger partial charge on any atom is 0.264 e. The first-order valence-corrected chi connectivity index (χ1v) is 10.8. The topological polar surface area (TPSA) is 90.0 Å². The Labute approximate surface area is 164 Å². The molecule has 148 valence electrons. The van der Waals surface area contributed by atoms with Crippen molar-refractivity contribution in [2.45, 2.75) is 51.3 Å². The third-order valence-corrected chi connectivity index (χ3v) is 6.82. The normalized spacial score (nSPS) is 14.5. The second kappa shape index (κ2) is 6.48. The molecule has 0 amide bonds. The highest BCUT2D eigenvalue weighted by Crippen LogP contribution is 2.41. The molecule has 7 nitrogen and oxygen atoms in total. The summed E-state index contributed by atoms with van der Waals surface area (Å²) in [5.74, 6) is 1.33. The SMILES string of the molecule is Cc1cc(C)cc(NS(=O)(=O)c2c(C)c(-c3nnc(C4CC4)o3)n(C)c2C)c1. The molecule has 8 heteroatoms. The number of benzene rings is 1. The van der Waals surface area contributed by atoms with Crippen LogP contribution in [0.5, 0.6) is 0 Å². The molecule has 0 radical (unpaired) electrons. The fraction of sp³-hybridized carbons (Fsp3) is 0.400. The molecule has 3 aromatic rings. The van der Waals surface area contributed by atoms with E-state index >= 15 is 0 Å². The van der Waals surface area contributed by atoms with Crippen molar-refractivity contribution in [1.29, 1.82) is 0 Å². The second-order valence-corrected chi connectivity index (χ2v) is 9.27. The quantitative estimate of drug-likeness (QED) is 0.699. The van der Waals surface area contributed by atoms with Crippen molar-refractivity contribution in [2.24, 2.45) is 7.05 Å². The minimum atomic E-state index is -3.78. The molecule has 1 saturated carbocycles. The molecule has 0 aliphatic heterocycles. The molecule has 1 aliphatic carbocycles. The summed E-state index contributed by atoms with van der Waals surface area (Å²) >= 11 is 0. The van der Waals surface area contributed by atoms with E-state index in [1.807, 2.05) is 39.1 Å². The van der Waals surface area contributed by atoms with Crippen molar-refractivity contribution in [3.63, 3.8) is 0 Å². The fourth-order valence-corrected chi connectivity index (χ4v) is 5.27. The monoisotopic (exact) mass is 400 g/mol. The zero-order chi connectivity index (χ0) is 20.2. The van der Waals surface area contributed by atoms with Crippen LogP contribution in [0.3, 0.4) is 0 Å². The molecule has 1 aliphatic rings. The molecular weight excluding hydrogens is 376 g/mol. The van der Waals surface area contributed by atoms with Crippen molar-refractivity contribution in [3.8, 4) is 11.6 Å². The summed E-state index contributed by atoms with van der Waals surface area (Å²) in [6.07, 6.45) is 2.12. The molecular formula is C20H24N4O3S. The molecule has 1 aromatic carbocycles. The van der Waals surface area contributed by atoms with Crippen LogP contribution in [-0.4, -0.2) is 23.2 Å². The molecule has 0 bridgehead atoms. The summed E-state index contributed by atoms with van der Waals surface area (Å²) in [5.41, 5.74) is 4.41. The highest BCUT2D eigenvalue weighted by Gasteiger charge is 2.32. The Morgan fingerprint density at radius 1 is 1.07 bits per heavy atom. The summed E-state index contributed by atoms with van der Waals surface area (Å²) in [5, 5.41) is 8.29. The number of rotatable bonds is 5. The average Bonchev–Trinajstić information content (AvgIpc) is 3.26. The Balaban J connectivity index is 1.76. The van der Waals surface area contributed by atoms with E-state index in [0.717, 1.165) is 24.0 Å². The first-order valence-electron chi connectivity index (χ1n) is 9.28. The van der Waals surface area contributed by atoms with Gasteiger partial charge in [0.25, 0.3) is 15.9 Å². The largest absolute Gasteiger partial charge is 0.419 e. The van der Waals surface area contributed by atoms with Gasteiger partial charge < -0.3 is 8.98 Å². The molecule has 0 unspecified atom stereocenters. The molecule has 2 heterocycles. The Kier molecular flexibility index (Phi) is 4.33. The van der Waals surface area contributed by atoms with Crippen LogP contribution in [0.1, 0.15) is 47.0 Å². The average molecular weight is 401 g/mol. The number of anilines is 1. The van der Waals surface area contributed by atoms with Crippen LogP contribution in [-0.2, 0) is 17.1 Å². The van der Waals surface area contributed by atoms with Crippen molar-refractivity contribution in [3.05, 3.63) is 46.5 Å². The lowest BCUT2D eigenvalue weighted by molar-refractivity contribution is 0.504. The minimum absolute atomic E-state index is 0.246. The highest BCUT2D eigenvalue weighted by atomic mass is 32.2. The van der Waals surface area contributed by atoms with Gasteiger partial charge in [-0.15, -0.1) is 10.2 Å². The van der Waals surface area contributed by atoms with Gasteiger partial charge >= 0.3 is 0 Å². The third-order valence-electron chi connectivity index (χ3n) is 5.18. The lowest BCUT2D eigenvalue weighted by Crippen LogP contribution is -2.15. The van der Waals surface area contributed by atoms with Crippen LogP contribution < -0.4 is 4.72 Å². The van der Waals surface area contributed by atoms with Gasteiger partial charge in [0, 0.05) is 29.9 Å². The van der Waals surface area contributed by atoms with Gasteiger partial charge in [-0.05, 0) is 63.8 Å². The Morgan fingerprint density at radius 2 is 1.71 bits per heavy atom. The highest BCUT2D eigenvalue weighted by molar-refractivity contribution is 7.92. The molecule has 0 saturated heterocycles. The van der Waals surface area contributed by atoms with Crippen LogP contribution >= 0.6 is 0 Å². The number of hydrogen-bond donors (Lipinski definition) is 1. The summed E-state index contributed by atoms with van der Waals surface area (Å²) in [7, 11) is -1.96.